The molecule has 0 aliphatic heterocycles. The molecule has 1 radical (unpaired) electrons. The van der Waals surface area contributed by atoms with Gasteiger partial charge in [-0.25, -0.2) is 0 Å². The van der Waals surface area contributed by atoms with E-state index < -0.39 is 5.97 Å². The number of nitrogens with zero attached hydrogens (tertiary/aromatic N) is 3. The number of aromatic carboxylic acids is 1. The van der Waals surface area contributed by atoms with E-state index in [1.807, 2.05) is 67.3 Å². The molecule has 0 unspecified atom stereocenters. The Morgan fingerprint density at radius 3 is 1.55 bits per heavy atom. The van der Waals surface area contributed by atoms with E-state index in [0.29, 0.717) is 0 Å². The summed E-state index contributed by atoms with van der Waals surface area (Å²) < 4.78 is 0. The van der Waals surface area contributed by atoms with Crippen molar-refractivity contribution >= 4 is 5.97 Å². The van der Waals surface area contributed by atoms with Gasteiger partial charge < -0.3 is 14.9 Å². The zero-order chi connectivity index (χ0) is 57.5. The first kappa shape index (κ1) is 59.5. The van der Waals surface area contributed by atoms with Crippen LogP contribution in [-0.4, -0.2) is 26.0 Å². The number of carboxylic acids is 1. The van der Waals surface area contributed by atoms with Gasteiger partial charge in [0.05, 0.1) is 0 Å². The molecule has 5 nitrogen and oxygen atoms in total. The molecule has 1 N–H and O–H groups in total. The Labute approximate surface area is 516 Å². The molecular formula is C79H71IrN3O2-2. The Kier molecular flexibility index (Phi) is 20.1. The standard InChI is InChI=1S/C53H38N3.C26H33O2.Ir/c1-3-13-39(14-4-1)40-25-27-41(28-26-40)52-34-53(42-15-5-2-6-16-42)56-37-45(52)24-23-38-31-46(50-21-9-7-19-48(50)43-17-11-29-54-35-43)33-47(32-38)51-22-10-8-20-49(51)44-18-12-30-55-36-44;1-3-5-7-11-17-26(18-12-8-6-4-2)23-14-10-9-13-21(23)22-16-15-20(25(27)28)19-24(22)26;/h1-15,17-22,25-37H,23-24H2;9-10,13-14,16,19H,3-8,11-12,17-18H2,1-2H3,(H,27,28);/q2*-1;. The zero-order valence-electron chi connectivity index (χ0n) is 48.6. The number of rotatable bonds is 21. The number of hydrogen-bond acceptors (Lipinski definition) is 4. The number of carboxylic acid groups (broad SMARTS) is 1. The summed E-state index contributed by atoms with van der Waals surface area (Å²) in [5.41, 5.74) is 23.6. The number of pyridine rings is 3. The molecule has 0 saturated carbocycles. The van der Waals surface area contributed by atoms with Crippen molar-refractivity contribution < 1.29 is 30.0 Å². The maximum Gasteiger partial charge on any atom is 0.247 e. The fourth-order valence-electron chi connectivity index (χ4n) is 12.5. The number of unbranched alkanes of at least 4 members (excludes halogenated alkanes) is 6. The number of benzene rings is 8. The van der Waals surface area contributed by atoms with Crippen molar-refractivity contribution in [1.82, 2.24) is 15.0 Å². The molecule has 3 aromatic heterocycles. The summed E-state index contributed by atoms with van der Waals surface area (Å²) in [6.45, 7) is 4.49. The van der Waals surface area contributed by atoms with Crippen LogP contribution in [-0.2, 0) is 38.4 Å². The largest absolute Gasteiger partial charge is 0.521 e. The second-order valence-electron chi connectivity index (χ2n) is 22.2. The summed E-state index contributed by atoms with van der Waals surface area (Å²) in [6.07, 6.45) is 23.3. The number of carbonyl (C=O) groups is 1. The van der Waals surface area contributed by atoms with E-state index in [4.69, 9.17) is 4.98 Å². The predicted molar refractivity (Wildman–Crippen MR) is 347 cm³/mol. The Morgan fingerprint density at radius 2 is 0.988 bits per heavy atom. The number of fused-ring (bicyclic) bond motifs is 3. The van der Waals surface area contributed by atoms with Gasteiger partial charge in [-0.1, -0.05) is 240 Å². The number of aryl methyl sites for hydroxylation is 2. The van der Waals surface area contributed by atoms with Crippen molar-refractivity contribution in [2.24, 2.45) is 0 Å². The molecule has 85 heavy (non-hydrogen) atoms. The molecule has 0 amide bonds. The molecule has 0 fully saturated rings. The third kappa shape index (κ3) is 13.8. The van der Waals surface area contributed by atoms with E-state index in [1.165, 1.54) is 129 Å². The molecule has 3 heterocycles. The maximum atomic E-state index is 11.7. The molecule has 12 rings (SSSR count). The second-order valence-corrected chi connectivity index (χ2v) is 22.2. The van der Waals surface area contributed by atoms with Gasteiger partial charge in [-0.2, -0.15) is 0 Å². The summed E-state index contributed by atoms with van der Waals surface area (Å²) in [4.78, 5) is 25.5. The van der Waals surface area contributed by atoms with Crippen molar-refractivity contribution in [3.05, 3.63) is 283 Å². The van der Waals surface area contributed by atoms with E-state index in [-0.39, 0.29) is 31.1 Å². The number of aromatic nitrogens is 3. The van der Waals surface area contributed by atoms with Gasteiger partial charge in [0, 0.05) is 67.6 Å². The van der Waals surface area contributed by atoms with Crippen LogP contribution in [0.3, 0.4) is 0 Å². The minimum atomic E-state index is -0.885. The SMILES string of the molecule is CCCCCCC1(CCCCCC)c2ccccc2-c2c[c-]c(C(=O)O)cc21.[Ir].[c-]1ccccc1-c1cc(-c2ccc(-c3ccccc3)cc2)c(CCc2cc(-c3ccccc3-c3cccnc3)cc(-c3ccccc3-c3cccnc3)c2)cn1. The van der Waals surface area contributed by atoms with Crippen LogP contribution < -0.4 is 0 Å². The molecule has 0 spiro atoms. The van der Waals surface area contributed by atoms with Gasteiger partial charge in [-0.15, -0.1) is 59.7 Å². The Bertz CT molecular complexity index is 3850. The van der Waals surface area contributed by atoms with Crippen molar-refractivity contribution in [1.29, 1.82) is 0 Å². The summed E-state index contributed by atoms with van der Waals surface area (Å²) in [6, 6.07) is 81.2. The van der Waals surface area contributed by atoms with Crippen LogP contribution in [0.15, 0.2) is 243 Å². The summed E-state index contributed by atoms with van der Waals surface area (Å²) in [5, 5.41) is 9.56. The summed E-state index contributed by atoms with van der Waals surface area (Å²) in [5.74, 6) is -0.885. The molecule has 0 saturated heterocycles. The van der Waals surface area contributed by atoms with E-state index in [1.54, 1.807) is 0 Å². The van der Waals surface area contributed by atoms with Crippen LogP contribution >= 0.6 is 0 Å². The van der Waals surface area contributed by atoms with Gasteiger partial charge in [0.25, 0.3) is 0 Å². The van der Waals surface area contributed by atoms with E-state index in [2.05, 4.69) is 212 Å². The van der Waals surface area contributed by atoms with Gasteiger partial charge in [0.2, 0.25) is 5.97 Å². The van der Waals surface area contributed by atoms with Crippen molar-refractivity contribution in [3.8, 4) is 89.1 Å². The minimum absolute atomic E-state index is 0. The van der Waals surface area contributed by atoms with E-state index in [9.17, 15) is 9.90 Å². The topological polar surface area (TPSA) is 76.0 Å². The fraction of sp³-hybridized carbons (Fsp3) is 0.190. The quantitative estimate of drug-likeness (QED) is 0.0573. The van der Waals surface area contributed by atoms with Gasteiger partial charge in [-0.05, 0) is 122 Å². The maximum absolute atomic E-state index is 11.7. The summed E-state index contributed by atoms with van der Waals surface area (Å²) in [7, 11) is 0. The smallest absolute Gasteiger partial charge is 0.247 e. The Morgan fingerprint density at radius 1 is 0.447 bits per heavy atom. The van der Waals surface area contributed by atoms with Crippen molar-refractivity contribution in [2.75, 3.05) is 0 Å². The molecule has 11 aromatic rings. The van der Waals surface area contributed by atoms with Crippen molar-refractivity contribution in [3.63, 3.8) is 0 Å². The molecule has 0 bridgehead atoms. The first-order valence-electron chi connectivity index (χ1n) is 30.1. The van der Waals surface area contributed by atoms with Crippen LogP contribution in [0.1, 0.15) is 111 Å². The van der Waals surface area contributed by atoms with Gasteiger partial charge in [-0.3, -0.25) is 9.97 Å². The second kappa shape index (κ2) is 28.7. The van der Waals surface area contributed by atoms with Gasteiger partial charge in [0.1, 0.15) is 0 Å². The van der Waals surface area contributed by atoms with Crippen LogP contribution in [0.2, 0.25) is 0 Å². The average Bonchev–Trinajstić information content (AvgIpc) is 1.75. The zero-order valence-corrected chi connectivity index (χ0v) is 51.0. The molecule has 0 atom stereocenters. The first-order valence-corrected chi connectivity index (χ1v) is 30.1. The first-order chi connectivity index (χ1) is 41.4. The molecular weight excluding hydrogens is 1220 g/mol. The van der Waals surface area contributed by atoms with E-state index in [0.717, 1.165) is 59.2 Å². The predicted octanol–water partition coefficient (Wildman–Crippen LogP) is 20.5. The molecule has 6 heteroatoms. The van der Waals surface area contributed by atoms with Gasteiger partial charge >= 0.3 is 0 Å². The third-order valence-electron chi connectivity index (χ3n) is 16.7. The monoisotopic (exact) mass is 1290 g/mol. The molecule has 425 valence electrons. The molecule has 8 aromatic carbocycles. The Hall–Kier alpha value is -8.67. The molecule has 1 aliphatic rings. The van der Waals surface area contributed by atoms with E-state index >= 15 is 0 Å². The van der Waals surface area contributed by atoms with Crippen LogP contribution in [0.4, 0.5) is 0 Å². The van der Waals surface area contributed by atoms with Crippen LogP contribution in [0.25, 0.3) is 89.1 Å². The fourth-order valence-corrected chi connectivity index (χ4v) is 12.5. The van der Waals surface area contributed by atoms with Crippen LogP contribution in [0, 0.1) is 12.1 Å². The molecule has 1 aliphatic carbocycles. The normalized spacial score (nSPS) is 11.8. The van der Waals surface area contributed by atoms with Gasteiger partial charge in [0.15, 0.2) is 0 Å². The Balaban J connectivity index is 0.000000234. The summed E-state index contributed by atoms with van der Waals surface area (Å²) >= 11 is 0. The minimum Gasteiger partial charge on any atom is -0.521 e. The average molecular weight is 1290 g/mol. The number of hydrogen-bond donors (Lipinski definition) is 1. The van der Waals surface area contributed by atoms with Crippen molar-refractivity contribution in [2.45, 2.75) is 96.3 Å². The third-order valence-corrected chi connectivity index (χ3v) is 16.7. The van der Waals surface area contributed by atoms with Crippen LogP contribution in [0.5, 0.6) is 0 Å².